The molecule has 0 unspecified atom stereocenters. The average molecular weight is 307 g/mol. The van der Waals surface area contributed by atoms with Crippen LogP contribution < -0.4 is 0 Å². The van der Waals surface area contributed by atoms with Crippen LogP contribution >= 0.6 is 27.3 Å². The van der Waals surface area contributed by atoms with Crippen molar-refractivity contribution >= 4 is 33.6 Å². The summed E-state index contributed by atoms with van der Waals surface area (Å²) in [6.07, 6.45) is 0.942. The van der Waals surface area contributed by atoms with Gasteiger partial charge in [0.1, 0.15) is 0 Å². The van der Waals surface area contributed by atoms with E-state index in [0.717, 1.165) is 15.6 Å². The molecule has 2 aromatic rings. The first-order valence-corrected chi connectivity index (χ1v) is 7.05. The van der Waals surface area contributed by atoms with Crippen molar-refractivity contribution in [3.05, 3.63) is 44.7 Å². The van der Waals surface area contributed by atoms with Gasteiger partial charge in [-0.15, -0.1) is 11.3 Å². The number of halogens is 1. The van der Waals surface area contributed by atoms with Crippen molar-refractivity contribution < 1.29 is 4.79 Å². The van der Waals surface area contributed by atoms with Crippen LogP contribution in [-0.4, -0.2) is 6.29 Å². The molecule has 1 aromatic carbocycles. The smallest absolute Gasteiger partial charge is 0.160 e. The van der Waals surface area contributed by atoms with Crippen LogP contribution in [0.4, 0.5) is 0 Å². The summed E-state index contributed by atoms with van der Waals surface area (Å²) in [5.74, 6) is 0. The SMILES string of the molecule is CC1(C)c2cc(Br)ccc2-c2sc(C=O)cc21. The molecule has 0 bridgehead atoms. The maximum Gasteiger partial charge on any atom is 0.160 e. The highest BCUT2D eigenvalue weighted by atomic mass is 79.9. The largest absolute Gasteiger partial charge is 0.297 e. The second-order valence-corrected chi connectivity index (χ2v) is 6.82. The third kappa shape index (κ3) is 1.45. The van der Waals surface area contributed by atoms with Gasteiger partial charge in [0.05, 0.1) is 4.88 Å². The minimum atomic E-state index is -0.00773. The molecule has 0 radical (unpaired) electrons. The Labute approximate surface area is 113 Å². The van der Waals surface area contributed by atoms with Gasteiger partial charge in [-0.2, -0.15) is 0 Å². The number of thiophene rings is 1. The second-order valence-electron chi connectivity index (χ2n) is 4.82. The van der Waals surface area contributed by atoms with E-state index in [4.69, 9.17) is 0 Å². The molecule has 3 heteroatoms. The lowest BCUT2D eigenvalue weighted by molar-refractivity contribution is 0.112. The van der Waals surface area contributed by atoms with E-state index in [1.54, 1.807) is 11.3 Å². The van der Waals surface area contributed by atoms with Crippen molar-refractivity contribution in [2.45, 2.75) is 19.3 Å². The molecule has 0 fully saturated rings. The molecule has 1 aromatic heterocycles. The Balaban J connectivity index is 2.34. The van der Waals surface area contributed by atoms with E-state index in [-0.39, 0.29) is 5.41 Å². The molecule has 0 spiro atoms. The summed E-state index contributed by atoms with van der Waals surface area (Å²) >= 11 is 5.11. The normalized spacial score (nSPS) is 15.5. The lowest BCUT2D eigenvalue weighted by Gasteiger charge is -2.20. The van der Waals surface area contributed by atoms with E-state index in [1.165, 1.54) is 21.6 Å². The van der Waals surface area contributed by atoms with E-state index in [1.807, 2.05) is 6.07 Å². The molecule has 17 heavy (non-hydrogen) atoms. The van der Waals surface area contributed by atoms with Crippen molar-refractivity contribution in [1.82, 2.24) is 0 Å². The fourth-order valence-corrected chi connectivity index (χ4v) is 4.04. The van der Waals surface area contributed by atoms with Gasteiger partial charge in [-0.05, 0) is 34.9 Å². The van der Waals surface area contributed by atoms with Crippen molar-refractivity contribution in [3.8, 4) is 10.4 Å². The lowest BCUT2D eigenvalue weighted by atomic mass is 9.83. The zero-order chi connectivity index (χ0) is 12.2. The predicted octanol–water partition coefficient (Wildman–Crippen LogP) is 4.63. The van der Waals surface area contributed by atoms with Gasteiger partial charge in [0.25, 0.3) is 0 Å². The van der Waals surface area contributed by atoms with Crippen molar-refractivity contribution in [1.29, 1.82) is 0 Å². The summed E-state index contributed by atoms with van der Waals surface area (Å²) in [7, 11) is 0. The summed E-state index contributed by atoms with van der Waals surface area (Å²) in [5, 5.41) is 0. The van der Waals surface area contributed by atoms with Crippen LogP contribution in [0.2, 0.25) is 0 Å². The monoisotopic (exact) mass is 306 g/mol. The fourth-order valence-electron chi connectivity index (χ4n) is 2.51. The molecule has 86 valence electrons. The minimum Gasteiger partial charge on any atom is -0.297 e. The molecular formula is C14H11BrOS. The Morgan fingerprint density at radius 1 is 1.24 bits per heavy atom. The summed E-state index contributed by atoms with van der Waals surface area (Å²) < 4.78 is 1.11. The van der Waals surface area contributed by atoms with Crippen LogP contribution in [0.1, 0.15) is 34.6 Å². The number of carbonyl (C=O) groups is 1. The third-order valence-electron chi connectivity index (χ3n) is 3.44. The lowest BCUT2D eigenvalue weighted by Crippen LogP contribution is -2.14. The third-order valence-corrected chi connectivity index (χ3v) is 5.03. The number of hydrogen-bond donors (Lipinski definition) is 0. The van der Waals surface area contributed by atoms with Crippen molar-refractivity contribution in [2.24, 2.45) is 0 Å². The van der Waals surface area contributed by atoms with Gasteiger partial charge in [0, 0.05) is 14.8 Å². The highest BCUT2D eigenvalue weighted by Gasteiger charge is 2.37. The molecule has 1 aliphatic carbocycles. The van der Waals surface area contributed by atoms with Gasteiger partial charge < -0.3 is 0 Å². The van der Waals surface area contributed by atoms with E-state index in [9.17, 15) is 4.79 Å². The van der Waals surface area contributed by atoms with Crippen LogP contribution in [0, 0.1) is 0 Å². The number of aldehydes is 1. The standard InChI is InChI=1S/C14H11BrOS/c1-14(2)11-5-8(15)3-4-10(11)13-12(14)6-9(7-16)17-13/h3-7H,1-2H3. The van der Waals surface area contributed by atoms with E-state index >= 15 is 0 Å². The first kappa shape index (κ1) is 11.2. The predicted molar refractivity (Wildman–Crippen MR) is 75.0 cm³/mol. The summed E-state index contributed by atoms with van der Waals surface area (Å²) in [4.78, 5) is 13.0. The number of benzene rings is 1. The number of rotatable bonds is 1. The number of fused-ring (bicyclic) bond motifs is 3. The van der Waals surface area contributed by atoms with Crippen LogP contribution in [0.5, 0.6) is 0 Å². The second kappa shape index (κ2) is 3.53. The maximum atomic E-state index is 10.9. The molecule has 1 aliphatic rings. The Hall–Kier alpha value is -0.930. The first-order chi connectivity index (χ1) is 8.04. The van der Waals surface area contributed by atoms with Crippen molar-refractivity contribution in [3.63, 3.8) is 0 Å². The van der Waals surface area contributed by atoms with Crippen LogP contribution in [0.25, 0.3) is 10.4 Å². The molecule has 0 N–H and O–H groups in total. The summed E-state index contributed by atoms with van der Waals surface area (Å²) in [5.41, 5.74) is 3.88. The first-order valence-electron chi connectivity index (χ1n) is 5.44. The molecule has 0 saturated heterocycles. The Bertz CT molecular complexity index is 625. The molecule has 0 atom stereocenters. The molecule has 1 heterocycles. The summed E-state index contributed by atoms with van der Waals surface area (Å²) in [6.45, 7) is 4.43. The molecular weight excluding hydrogens is 296 g/mol. The van der Waals surface area contributed by atoms with E-state index in [2.05, 4.69) is 48.0 Å². The van der Waals surface area contributed by atoms with Gasteiger partial charge in [0.2, 0.25) is 0 Å². The molecule has 0 aliphatic heterocycles. The Morgan fingerprint density at radius 2 is 2.00 bits per heavy atom. The Morgan fingerprint density at radius 3 is 2.71 bits per heavy atom. The number of carbonyl (C=O) groups excluding carboxylic acids is 1. The van der Waals surface area contributed by atoms with E-state index < -0.39 is 0 Å². The van der Waals surface area contributed by atoms with Gasteiger partial charge in [-0.3, -0.25) is 4.79 Å². The quantitative estimate of drug-likeness (QED) is 0.702. The van der Waals surface area contributed by atoms with Gasteiger partial charge >= 0.3 is 0 Å². The van der Waals surface area contributed by atoms with Gasteiger partial charge in [-0.1, -0.05) is 35.8 Å². The van der Waals surface area contributed by atoms with Crippen molar-refractivity contribution in [2.75, 3.05) is 0 Å². The molecule has 1 nitrogen and oxygen atoms in total. The van der Waals surface area contributed by atoms with Gasteiger partial charge in [0.15, 0.2) is 6.29 Å². The Kier molecular flexibility index (Phi) is 2.32. The van der Waals surface area contributed by atoms with Gasteiger partial charge in [-0.25, -0.2) is 0 Å². The fraction of sp³-hybridized carbons (Fsp3) is 0.214. The highest BCUT2D eigenvalue weighted by Crippen LogP contribution is 2.52. The zero-order valence-corrected chi connectivity index (χ0v) is 12.0. The maximum absolute atomic E-state index is 10.9. The minimum absolute atomic E-state index is 0.00773. The van der Waals surface area contributed by atoms with E-state index in [0.29, 0.717) is 0 Å². The summed E-state index contributed by atoms with van der Waals surface area (Å²) in [6, 6.07) is 8.41. The average Bonchev–Trinajstić information content (AvgIpc) is 2.80. The highest BCUT2D eigenvalue weighted by molar-refractivity contribution is 9.10. The molecule has 0 saturated carbocycles. The zero-order valence-electron chi connectivity index (χ0n) is 9.58. The van der Waals surface area contributed by atoms with Crippen LogP contribution in [0.15, 0.2) is 28.7 Å². The molecule has 3 rings (SSSR count). The van der Waals surface area contributed by atoms with Crippen LogP contribution in [-0.2, 0) is 5.41 Å². The van der Waals surface area contributed by atoms with Crippen LogP contribution in [0.3, 0.4) is 0 Å². The number of hydrogen-bond acceptors (Lipinski definition) is 2. The molecule has 0 amide bonds. The topological polar surface area (TPSA) is 17.1 Å².